The smallest absolute Gasteiger partial charge is 0.360 e. The van der Waals surface area contributed by atoms with Crippen LogP contribution in [0.25, 0.3) is 0 Å². The zero-order chi connectivity index (χ0) is 18.7. The van der Waals surface area contributed by atoms with E-state index in [4.69, 9.17) is 21.7 Å². The standard InChI is InChI=1S/C17H19ClN2O5/c1-8(14-12(9(2)21)16(23)20-14)15(22)13(19)17(24)25-7-10-3-5-11(18)6-4-10/h3-6,8-9,12,14,19,21H,7H2,1-2H3,(H,20,23). The summed E-state index contributed by atoms with van der Waals surface area (Å²) in [5.74, 6) is -3.66. The van der Waals surface area contributed by atoms with Gasteiger partial charge >= 0.3 is 5.97 Å². The molecule has 0 bridgehead atoms. The maximum Gasteiger partial charge on any atom is 0.360 e. The number of ketones is 1. The number of nitrogens with one attached hydrogen (secondary N) is 2. The minimum atomic E-state index is -1.04. The Balaban J connectivity index is 1.92. The quantitative estimate of drug-likeness (QED) is 0.289. The van der Waals surface area contributed by atoms with Crippen molar-refractivity contribution in [1.82, 2.24) is 5.32 Å². The summed E-state index contributed by atoms with van der Waals surface area (Å²) in [6.07, 6.45) is -0.917. The van der Waals surface area contributed by atoms with Gasteiger partial charge in [0.1, 0.15) is 6.61 Å². The van der Waals surface area contributed by atoms with Crippen LogP contribution in [0, 0.1) is 17.2 Å². The predicted octanol–water partition coefficient (Wildman–Crippen LogP) is 1.10. The maximum absolute atomic E-state index is 12.3. The van der Waals surface area contributed by atoms with E-state index < -0.39 is 41.4 Å². The lowest BCUT2D eigenvalue weighted by molar-refractivity contribution is -0.144. The normalized spacial score (nSPS) is 21.5. The average Bonchev–Trinajstić information content (AvgIpc) is 2.56. The molecule has 3 N–H and O–H groups in total. The highest BCUT2D eigenvalue weighted by molar-refractivity contribution is 6.63. The number of aliphatic hydroxyl groups is 1. The molecule has 134 valence electrons. The van der Waals surface area contributed by atoms with Gasteiger partial charge in [-0.25, -0.2) is 4.79 Å². The van der Waals surface area contributed by atoms with Crippen LogP contribution in [-0.4, -0.2) is 40.6 Å². The summed E-state index contributed by atoms with van der Waals surface area (Å²) in [6.45, 7) is 2.87. The molecule has 4 unspecified atom stereocenters. The number of halogens is 1. The van der Waals surface area contributed by atoms with Gasteiger partial charge in [0.15, 0.2) is 11.5 Å². The summed E-state index contributed by atoms with van der Waals surface area (Å²) in [4.78, 5) is 35.6. The molecule has 0 aliphatic carbocycles. The fraction of sp³-hybridized carbons (Fsp3) is 0.412. The molecular formula is C17H19ClN2O5. The fourth-order valence-corrected chi connectivity index (χ4v) is 2.79. The number of Topliss-reactive ketones (excluding diaryl/α,β-unsaturated/α-hetero) is 1. The molecule has 0 saturated carbocycles. The highest BCUT2D eigenvalue weighted by Gasteiger charge is 2.48. The molecule has 0 spiro atoms. The number of hydrogen-bond acceptors (Lipinski definition) is 6. The molecule has 7 nitrogen and oxygen atoms in total. The van der Waals surface area contributed by atoms with Gasteiger partial charge in [-0.15, -0.1) is 0 Å². The molecule has 25 heavy (non-hydrogen) atoms. The zero-order valence-corrected chi connectivity index (χ0v) is 14.5. The van der Waals surface area contributed by atoms with Gasteiger partial charge in [0.2, 0.25) is 5.91 Å². The lowest BCUT2D eigenvalue weighted by Crippen LogP contribution is -2.65. The van der Waals surface area contributed by atoms with Crippen LogP contribution in [0.3, 0.4) is 0 Å². The van der Waals surface area contributed by atoms with E-state index in [0.717, 1.165) is 0 Å². The molecule has 1 fully saturated rings. The number of carbonyl (C=O) groups is 3. The zero-order valence-electron chi connectivity index (χ0n) is 13.8. The summed E-state index contributed by atoms with van der Waals surface area (Å²) in [5, 5.41) is 20.4. The molecule has 1 amide bonds. The number of rotatable bonds is 7. The summed E-state index contributed by atoms with van der Waals surface area (Å²) in [6, 6.07) is 6.00. The van der Waals surface area contributed by atoms with Crippen LogP contribution in [0.5, 0.6) is 0 Å². The number of amides is 1. The Bertz CT molecular complexity index is 701. The van der Waals surface area contributed by atoms with E-state index in [2.05, 4.69) is 5.32 Å². The van der Waals surface area contributed by atoms with Crippen molar-refractivity contribution in [2.45, 2.75) is 32.6 Å². The van der Waals surface area contributed by atoms with Crippen LogP contribution in [0.4, 0.5) is 0 Å². The Morgan fingerprint density at radius 3 is 2.44 bits per heavy atom. The molecule has 1 aromatic carbocycles. The number of ether oxygens (including phenoxy) is 1. The van der Waals surface area contributed by atoms with Gasteiger partial charge in [-0.05, 0) is 24.6 Å². The van der Waals surface area contributed by atoms with E-state index in [1.807, 2.05) is 0 Å². The molecule has 1 aliphatic heterocycles. The highest BCUT2D eigenvalue weighted by Crippen LogP contribution is 2.26. The summed E-state index contributed by atoms with van der Waals surface area (Å²) >= 11 is 5.76. The monoisotopic (exact) mass is 366 g/mol. The average molecular weight is 367 g/mol. The predicted molar refractivity (Wildman–Crippen MR) is 90.2 cm³/mol. The van der Waals surface area contributed by atoms with Crippen molar-refractivity contribution >= 4 is 35.0 Å². The summed E-state index contributed by atoms with van der Waals surface area (Å²) in [7, 11) is 0. The number of aliphatic hydroxyl groups excluding tert-OH is 1. The van der Waals surface area contributed by atoms with Crippen LogP contribution in [-0.2, 0) is 25.7 Å². The van der Waals surface area contributed by atoms with Crippen molar-refractivity contribution in [2.24, 2.45) is 11.8 Å². The first kappa shape index (κ1) is 19.1. The Morgan fingerprint density at radius 2 is 1.92 bits per heavy atom. The molecule has 1 aliphatic rings. The van der Waals surface area contributed by atoms with Gasteiger partial charge in [0, 0.05) is 10.9 Å². The van der Waals surface area contributed by atoms with E-state index in [1.54, 1.807) is 24.3 Å². The van der Waals surface area contributed by atoms with Gasteiger partial charge in [-0.1, -0.05) is 30.7 Å². The van der Waals surface area contributed by atoms with E-state index in [9.17, 15) is 19.5 Å². The second-order valence-corrected chi connectivity index (χ2v) is 6.47. The van der Waals surface area contributed by atoms with Crippen LogP contribution in [0.2, 0.25) is 5.02 Å². The molecule has 1 aromatic rings. The second-order valence-electron chi connectivity index (χ2n) is 6.03. The van der Waals surface area contributed by atoms with Gasteiger partial charge in [-0.3, -0.25) is 15.0 Å². The largest absolute Gasteiger partial charge is 0.456 e. The van der Waals surface area contributed by atoms with Crippen molar-refractivity contribution in [1.29, 1.82) is 5.41 Å². The molecular weight excluding hydrogens is 348 g/mol. The third-order valence-electron chi connectivity index (χ3n) is 4.20. The Morgan fingerprint density at radius 1 is 1.32 bits per heavy atom. The van der Waals surface area contributed by atoms with Gasteiger partial charge in [-0.2, -0.15) is 0 Å². The van der Waals surface area contributed by atoms with Gasteiger partial charge in [0.05, 0.1) is 18.1 Å². The molecule has 1 heterocycles. The van der Waals surface area contributed by atoms with Gasteiger partial charge < -0.3 is 15.2 Å². The Kier molecular flexibility index (Phi) is 5.92. The van der Waals surface area contributed by atoms with E-state index in [0.29, 0.717) is 10.6 Å². The topological polar surface area (TPSA) is 117 Å². The minimum absolute atomic E-state index is 0.0868. The number of carbonyl (C=O) groups excluding carboxylic acids is 3. The van der Waals surface area contributed by atoms with Crippen LogP contribution in [0.1, 0.15) is 19.4 Å². The third-order valence-corrected chi connectivity index (χ3v) is 4.46. The van der Waals surface area contributed by atoms with Crippen molar-refractivity contribution in [3.63, 3.8) is 0 Å². The maximum atomic E-state index is 12.3. The second kappa shape index (κ2) is 7.76. The Hall–Kier alpha value is -2.25. The molecule has 4 atom stereocenters. The highest BCUT2D eigenvalue weighted by atomic mass is 35.5. The first-order valence-electron chi connectivity index (χ1n) is 7.75. The van der Waals surface area contributed by atoms with E-state index in [-0.39, 0.29) is 12.5 Å². The van der Waals surface area contributed by atoms with Crippen LogP contribution < -0.4 is 5.32 Å². The van der Waals surface area contributed by atoms with E-state index >= 15 is 0 Å². The van der Waals surface area contributed by atoms with Crippen LogP contribution in [0.15, 0.2) is 24.3 Å². The van der Waals surface area contributed by atoms with Crippen molar-refractivity contribution in [3.05, 3.63) is 34.9 Å². The van der Waals surface area contributed by atoms with Crippen LogP contribution >= 0.6 is 11.6 Å². The summed E-state index contributed by atoms with van der Waals surface area (Å²) in [5.41, 5.74) is -0.113. The molecule has 1 saturated heterocycles. The van der Waals surface area contributed by atoms with E-state index in [1.165, 1.54) is 13.8 Å². The molecule has 8 heteroatoms. The summed E-state index contributed by atoms with van der Waals surface area (Å²) < 4.78 is 4.96. The lowest BCUT2D eigenvalue weighted by Gasteiger charge is -2.41. The number of benzene rings is 1. The number of β-lactam (4-membered cyclic amide) rings is 1. The first-order chi connectivity index (χ1) is 11.7. The molecule has 2 rings (SSSR count). The van der Waals surface area contributed by atoms with Crippen molar-refractivity contribution in [3.8, 4) is 0 Å². The lowest BCUT2D eigenvalue weighted by atomic mass is 9.76. The van der Waals surface area contributed by atoms with Crippen molar-refractivity contribution < 1.29 is 24.2 Å². The van der Waals surface area contributed by atoms with Gasteiger partial charge in [0.25, 0.3) is 0 Å². The number of esters is 1. The Labute approximate surface area is 149 Å². The first-order valence-corrected chi connectivity index (χ1v) is 8.13. The fourth-order valence-electron chi connectivity index (χ4n) is 2.67. The molecule has 0 radical (unpaired) electrons. The number of hydrogen-bond donors (Lipinski definition) is 3. The van der Waals surface area contributed by atoms with Crippen molar-refractivity contribution in [2.75, 3.05) is 0 Å². The SMILES string of the molecule is CC(O)C1C(=O)NC1C(C)C(=O)C(=N)C(=O)OCc1ccc(Cl)cc1. The third kappa shape index (κ3) is 4.24. The molecule has 0 aromatic heterocycles. The minimum Gasteiger partial charge on any atom is -0.456 e.